The fourth-order valence-electron chi connectivity index (χ4n) is 2.93. The van der Waals surface area contributed by atoms with E-state index in [2.05, 4.69) is 10.3 Å². The summed E-state index contributed by atoms with van der Waals surface area (Å²) in [5, 5.41) is 31.3. The molecule has 2 aliphatic heterocycles. The molecule has 0 spiro atoms. The molecule has 0 saturated carbocycles. The van der Waals surface area contributed by atoms with Gasteiger partial charge in [-0.05, 0) is 0 Å². The summed E-state index contributed by atoms with van der Waals surface area (Å²) < 4.78 is 18.0. The fraction of sp³-hybridized carbons (Fsp3) is 0.714. The van der Waals surface area contributed by atoms with E-state index in [-0.39, 0.29) is 6.61 Å². The second kappa shape index (κ2) is 7.03. The monoisotopic (exact) mass is 341 g/mol. The molecule has 4 N–H and O–H groups in total. The van der Waals surface area contributed by atoms with Crippen molar-refractivity contribution in [3.05, 3.63) is 12.0 Å². The van der Waals surface area contributed by atoms with Crippen LogP contribution >= 0.6 is 0 Å². The van der Waals surface area contributed by atoms with E-state index in [1.807, 2.05) is 0 Å². The van der Waals surface area contributed by atoms with Crippen molar-refractivity contribution in [3.8, 4) is 0 Å². The zero-order valence-electron chi connectivity index (χ0n) is 13.7. The number of aromatic nitrogens is 2. The summed E-state index contributed by atoms with van der Waals surface area (Å²) in [4.78, 5) is 5.96. The smallest absolute Gasteiger partial charge is 0.165 e. The zero-order chi connectivity index (χ0) is 17.3. The van der Waals surface area contributed by atoms with Gasteiger partial charge in [-0.25, -0.2) is 4.98 Å². The topological polar surface area (TPSA) is 125 Å². The van der Waals surface area contributed by atoms with Crippen LogP contribution in [0, 0.1) is 5.41 Å². The van der Waals surface area contributed by atoms with Crippen LogP contribution in [-0.4, -0.2) is 89.5 Å². The number of nitrogens with zero attached hydrogens (tertiary/aromatic N) is 3. The van der Waals surface area contributed by atoms with Gasteiger partial charge in [0.25, 0.3) is 0 Å². The standard InChI is InChI=1S/C14H23N5O5/c1-18-6-17-13-9(12(18)15)16-7-19(13)14-10(21)11(8(5-20)24-14)23-4-3-22-2/h7-8,10-11,14-15,17,20-21H,3-6H2,1-2H3/t8-,10-,11-,14-/m1/s1. The molecule has 10 nitrogen and oxygen atoms in total. The average Bonchev–Trinajstić information content (AvgIpc) is 3.13. The normalized spacial score (nSPS) is 29.7. The number of methoxy groups -OCH3 is 1. The molecule has 0 bridgehead atoms. The largest absolute Gasteiger partial charge is 0.394 e. The van der Waals surface area contributed by atoms with Crippen molar-refractivity contribution in [2.45, 2.75) is 24.5 Å². The maximum Gasteiger partial charge on any atom is 0.165 e. The molecule has 4 atom stereocenters. The Hall–Kier alpha value is -1.72. The summed E-state index contributed by atoms with van der Waals surface area (Å²) in [6, 6.07) is 0. The van der Waals surface area contributed by atoms with E-state index in [0.717, 1.165) is 0 Å². The maximum absolute atomic E-state index is 10.6. The lowest BCUT2D eigenvalue weighted by atomic mass is 10.1. The van der Waals surface area contributed by atoms with Crippen LogP contribution in [0.4, 0.5) is 5.82 Å². The van der Waals surface area contributed by atoms with E-state index in [1.165, 1.54) is 6.33 Å². The highest BCUT2D eigenvalue weighted by Gasteiger charge is 2.46. The summed E-state index contributed by atoms with van der Waals surface area (Å²) in [6.45, 7) is 0.865. The van der Waals surface area contributed by atoms with Crippen molar-refractivity contribution in [1.29, 1.82) is 5.41 Å². The molecule has 3 heterocycles. The SMILES string of the molecule is COCCO[C@H]1[C@@H](O)[C@H](n2cnc3c2NCN(C)C3=N)O[C@@H]1CO. The van der Waals surface area contributed by atoms with Crippen molar-refractivity contribution >= 4 is 11.7 Å². The Labute approximate surface area is 139 Å². The zero-order valence-corrected chi connectivity index (χ0v) is 13.7. The molecule has 0 amide bonds. The molecule has 1 aromatic heterocycles. The van der Waals surface area contributed by atoms with Crippen molar-refractivity contribution in [2.75, 3.05) is 46.0 Å². The van der Waals surface area contributed by atoms with Gasteiger partial charge in [0.05, 0.1) is 32.8 Å². The van der Waals surface area contributed by atoms with Crippen LogP contribution in [0.3, 0.4) is 0 Å². The van der Waals surface area contributed by atoms with Gasteiger partial charge in [0.2, 0.25) is 0 Å². The number of amidine groups is 1. The highest BCUT2D eigenvalue weighted by atomic mass is 16.6. The van der Waals surface area contributed by atoms with Gasteiger partial charge in [0.15, 0.2) is 12.1 Å². The highest BCUT2D eigenvalue weighted by Crippen LogP contribution is 2.35. The molecule has 1 aromatic rings. The second-order valence-electron chi connectivity index (χ2n) is 5.80. The lowest BCUT2D eigenvalue weighted by molar-refractivity contribution is -0.0679. The number of hydrogen-bond acceptors (Lipinski definition) is 8. The Kier molecular flexibility index (Phi) is 5.01. The maximum atomic E-state index is 10.6. The lowest BCUT2D eigenvalue weighted by Crippen LogP contribution is -2.39. The molecule has 2 aliphatic rings. The third-order valence-corrected chi connectivity index (χ3v) is 4.24. The van der Waals surface area contributed by atoms with Gasteiger partial charge in [-0.2, -0.15) is 0 Å². The lowest BCUT2D eigenvalue weighted by Gasteiger charge is -2.28. The Bertz CT molecular complexity index is 594. The first-order valence-electron chi connectivity index (χ1n) is 7.74. The quantitative estimate of drug-likeness (QED) is 0.476. The van der Waals surface area contributed by atoms with E-state index in [1.54, 1.807) is 23.6 Å². The van der Waals surface area contributed by atoms with Gasteiger partial charge in [0, 0.05) is 14.2 Å². The molecule has 0 unspecified atom stereocenters. The Balaban J connectivity index is 1.80. The predicted octanol–water partition coefficient (Wildman–Crippen LogP) is -1.19. The number of anilines is 1. The third-order valence-electron chi connectivity index (χ3n) is 4.24. The molecule has 24 heavy (non-hydrogen) atoms. The van der Waals surface area contributed by atoms with E-state index >= 15 is 0 Å². The second-order valence-corrected chi connectivity index (χ2v) is 5.80. The van der Waals surface area contributed by atoms with E-state index in [9.17, 15) is 10.2 Å². The van der Waals surface area contributed by atoms with Gasteiger partial charge in [0.1, 0.15) is 29.8 Å². The molecular formula is C14H23N5O5. The van der Waals surface area contributed by atoms with Crippen LogP contribution in [0.1, 0.15) is 11.9 Å². The summed E-state index contributed by atoms with van der Waals surface area (Å²) in [5.74, 6) is 0.901. The van der Waals surface area contributed by atoms with E-state index in [0.29, 0.717) is 37.2 Å². The number of aliphatic hydroxyl groups is 2. The minimum atomic E-state index is -0.979. The Morgan fingerprint density at radius 1 is 1.50 bits per heavy atom. The number of nitrogens with one attached hydrogen (secondary N) is 2. The number of hydrogen-bond donors (Lipinski definition) is 4. The van der Waals surface area contributed by atoms with Crippen LogP contribution in [0.5, 0.6) is 0 Å². The van der Waals surface area contributed by atoms with Gasteiger partial charge in [-0.3, -0.25) is 9.98 Å². The van der Waals surface area contributed by atoms with E-state index < -0.39 is 24.5 Å². The van der Waals surface area contributed by atoms with Crippen molar-refractivity contribution < 1.29 is 24.4 Å². The summed E-state index contributed by atoms with van der Waals surface area (Å²) >= 11 is 0. The molecule has 134 valence electrons. The molecule has 0 aliphatic carbocycles. The van der Waals surface area contributed by atoms with Crippen molar-refractivity contribution in [1.82, 2.24) is 14.5 Å². The first-order chi connectivity index (χ1) is 11.6. The van der Waals surface area contributed by atoms with E-state index in [4.69, 9.17) is 19.6 Å². The molecule has 3 rings (SSSR count). The number of aliphatic hydroxyl groups excluding tert-OH is 2. The fourth-order valence-corrected chi connectivity index (χ4v) is 2.93. The molecule has 0 radical (unpaired) electrons. The third kappa shape index (κ3) is 2.87. The number of fused-ring (bicyclic) bond motifs is 1. The highest BCUT2D eigenvalue weighted by molar-refractivity contribution is 6.00. The van der Waals surface area contributed by atoms with Crippen LogP contribution in [-0.2, 0) is 14.2 Å². The van der Waals surface area contributed by atoms with Crippen LogP contribution in [0.2, 0.25) is 0 Å². The van der Waals surface area contributed by atoms with Crippen LogP contribution in [0.15, 0.2) is 6.33 Å². The predicted molar refractivity (Wildman–Crippen MR) is 83.9 cm³/mol. The molecule has 1 saturated heterocycles. The van der Waals surface area contributed by atoms with Crippen LogP contribution in [0.25, 0.3) is 0 Å². The van der Waals surface area contributed by atoms with Gasteiger partial charge in [-0.1, -0.05) is 0 Å². The van der Waals surface area contributed by atoms with Crippen molar-refractivity contribution in [3.63, 3.8) is 0 Å². The number of imidazole rings is 1. The average molecular weight is 341 g/mol. The minimum Gasteiger partial charge on any atom is -0.394 e. The molecule has 1 fully saturated rings. The Morgan fingerprint density at radius 2 is 2.29 bits per heavy atom. The van der Waals surface area contributed by atoms with Gasteiger partial charge >= 0.3 is 0 Å². The van der Waals surface area contributed by atoms with Crippen molar-refractivity contribution in [2.24, 2.45) is 0 Å². The van der Waals surface area contributed by atoms with Gasteiger partial charge < -0.3 is 34.6 Å². The number of ether oxygens (including phenoxy) is 3. The molecule has 0 aromatic carbocycles. The summed E-state index contributed by atoms with van der Waals surface area (Å²) in [5.41, 5.74) is 0.490. The summed E-state index contributed by atoms with van der Waals surface area (Å²) in [6.07, 6.45) is -1.53. The summed E-state index contributed by atoms with van der Waals surface area (Å²) in [7, 11) is 3.35. The first kappa shape index (κ1) is 17.1. The number of rotatable bonds is 6. The molecular weight excluding hydrogens is 318 g/mol. The first-order valence-corrected chi connectivity index (χ1v) is 7.74. The Morgan fingerprint density at radius 3 is 3.00 bits per heavy atom. The minimum absolute atomic E-state index is 0.270. The molecule has 10 heteroatoms. The van der Waals surface area contributed by atoms with Crippen LogP contribution < -0.4 is 5.32 Å². The van der Waals surface area contributed by atoms with Gasteiger partial charge in [-0.15, -0.1) is 0 Å².